The highest BCUT2D eigenvalue weighted by Gasteiger charge is 2.14. The molecule has 7 heteroatoms. The van der Waals surface area contributed by atoms with Crippen LogP contribution in [0.1, 0.15) is 11.8 Å². The topological polar surface area (TPSA) is 93.1 Å². The molecule has 19 heavy (non-hydrogen) atoms. The van der Waals surface area contributed by atoms with Gasteiger partial charge in [0.1, 0.15) is 11.6 Å². The van der Waals surface area contributed by atoms with E-state index in [2.05, 4.69) is 44.7 Å². The molecule has 6 nitrogen and oxygen atoms in total. The molecule has 0 aliphatic heterocycles. The van der Waals surface area contributed by atoms with Gasteiger partial charge in [0.25, 0.3) is 0 Å². The molecule has 1 unspecified atom stereocenters. The van der Waals surface area contributed by atoms with Crippen molar-refractivity contribution in [2.24, 2.45) is 5.84 Å². The average Bonchev–Trinajstić information content (AvgIpc) is 2.89. The number of nitrogen functional groups attached to an aromatic ring is 2. The van der Waals surface area contributed by atoms with Crippen LogP contribution in [0.5, 0.6) is 0 Å². The van der Waals surface area contributed by atoms with E-state index in [1.807, 2.05) is 7.05 Å². The average molecular weight is 278 g/mol. The Bertz CT molecular complexity index is 527. The van der Waals surface area contributed by atoms with Gasteiger partial charge in [-0.1, -0.05) is 6.07 Å². The first-order valence-corrected chi connectivity index (χ1v) is 6.84. The van der Waals surface area contributed by atoms with E-state index < -0.39 is 0 Å². The van der Waals surface area contributed by atoms with Gasteiger partial charge >= 0.3 is 0 Å². The summed E-state index contributed by atoms with van der Waals surface area (Å²) in [6, 6.07) is 6.28. The van der Waals surface area contributed by atoms with Gasteiger partial charge in [0.15, 0.2) is 0 Å². The van der Waals surface area contributed by atoms with Crippen LogP contribution in [0, 0.1) is 0 Å². The van der Waals surface area contributed by atoms with Gasteiger partial charge in [-0.3, -0.25) is 0 Å². The fourth-order valence-electron chi connectivity index (χ4n) is 1.79. The zero-order valence-corrected chi connectivity index (χ0v) is 11.8. The highest BCUT2D eigenvalue weighted by atomic mass is 32.1. The Morgan fingerprint density at radius 1 is 1.47 bits per heavy atom. The van der Waals surface area contributed by atoms with Crippen LogP contribution in [0.4, 0.5) is 17.6 Å². The van der Waals surface area contributed by atoms with Crippen molar-refractivity contribution in [1.82, 2.24) is 9.97 Å². The minimum Gasteiger partial charge on any atom is -0.368 e. The number of anilines is 3. The van der Waals surface area contributed by atoms with Crippen molar-refractivity contribution in [3.8, 4) is 0 Å². The number of thiophene rings is 1. The smallest absolute Gasteiger partial charge is 0.223 e. The Kier molecular flexibility index (Phi) is 4.18. The highest BCUT2D eigenvalue weighted by Crippen LogP contribution is 2.20. The Balaban J connectivity index is 2.14. The molecule has 0 saturated heterocycles. The van der Waals surface area contributed by atoms with Crippen molar-refractivity contribution in [3.05, 3.63) is 28.5 Å². The standard InChI is InChI=1S/C12H18N6S/c1-8(6-9-4-3-5-19-9)18(2)11-7-10(17-14)15-12(13)16-11/h3-5,7-8H,6,14H2,1-2H3,(H3,13,15,16,17). The molecule has 2 aromatic heterocycles. The number of nitrogens with two attached hydrogens (primary N) is 2. The SMILES string of the molecule is CC(Cc1cccs1)N(C)c1cc(NN)nc(N)n1. The van der Waals surface area contributed by atoms with Gasteiger partial charge in [-0.05, 0) is 18.4 Å². The lowest BCUT2D eigenvalue weighted by molar-refractivity contribution is 0.680. The van der Waals surface area contributed by atoms with Crippen molar-refractivity contribution < 1.29 is 0 Å². The van der Waals surface area contributed by atoms with Crippen molar-refractivity contribution in [2.75, 3.05) is 23.1 Å². The minimum atomic E-state index is 0.209. The third-order valence-corrected chi connectivity index (χ3v) is 3.88. The maximum absolute atomic E-state index is 5.67. The lowest BCUT2D eigenvalue weighted by Crippen LogP contribution is -2.31. The van der Waals surface area contributed by atoms with Crippen LogP contribution in [-0.4, -0.2) is 23.1 Å². The predicted molar refractivity (Wildman–Crippen MR) is 80.1 cm³/mol. The molecule has 0 saturated carbocycles. The van der Waals surface area contributed by atoms with Crippen LogP contribution >= 0.6 is 11.3 Å². The Labute approximate surface area is 116 Å². The molecular weight excluding hydrogens is 260 g/mol. The summed E-state index contributed by atoms with van der Waals surface area (Å²) in [7, 11) is 1.99. The van der Waals surface area contributed by atoms with Crippen LogP contribution in [0.25, 0.3) is 0 Å². The third kappa shape index (κ3) is 3.33. The summed E-state index contributed by atoms with van der Waals surface area (Å²) in [5, 5.41) is 2.08. The van der Waals surface area contributed by atoms with E-state index in [-0.39, 0.29) is 5.95 Å². The van der Waals surface area contributed by atoms with Gasteiger partial charge in [-0.2, -0.15) is 9.97 Å². The second-order valence-corrected chi connectivity index (χ2v) is 5.39. The number of nitrogens with zero attached hydrogens (tertiary/aromatic N) is 3. The molecule has 0 aliphatic carbocycles. The molecule has 0 spiro atoms. The second kappa shape index (κ2) is 5.85. The van der Waals surface area contributed by atoms with Crippen molar-refractivity contribution in [1.29, 1.82) is 0 Å². The molecular formula is C12H18N6S. The van der Waals surface area contributed by atoms with Crippen molar-refractivity contribution in [2.45, 2.75) is 19.4 Å². The normalized spacial score (nSPS) is 12.2. The van der Waals surface area contributed by atoms with E-state index in [9.17, 15) is 0 Å². The van der Waals surface area contributed by atoms with E-state index in [4.69, 9.17) is 11.6 Å². The lowest BCUT2D eigenvalue weighted by atomic mass is 10.2. The number of hydrogen-bond donors (Lipinski definition) is 3. The van der Waals surface area contributed by atoms with E-state index in [0.717, 1.165) is 12.2 Å². The first-order chi connectivity index (χ1) is 9.10. The minimum absolute atomic E-state index is 0.209. The summed E-state index contributed by atoms with van der Waals surface area (Å²) >= 11 is 1.76. The molecule has 0 bridgehead atoms. The monoisotopic (exact) mass is 278 g/mol. The van der Waals surface area contributed by atoms with Crippen LogP contribution in [-0.2, 0) is 6.42 Å². The number of aromatic nitrogens is 2. The molecule has 2 heterocycles. The van der Waals surface area contributed by atoms with E-state index in [0.29, 0.717) is 11.9 Å². The molecule has 102 valence electrons. The third-order valence-electron chi connectivity index (χ3n) is 2.98. The van der Waals surface area contributed by atoms with Gasteiger partial charge in [-0.15, -0.1) is 11.3 Å². The van der Waals surface area contributed by atoms with Crippen molar-refractivity contribution in [3.63, 3.8) is 0 Å². The van der Waals surface area contributed by atoms with Gasteiger partial charge in [0.2, 0.25) is 5.95 Å². The zero-order chi connectivity index (χ0) is 13.8. The van der Waals surface area contributed by atoms with E-state index >= 15 is 0 Å². The molecule has 2 rings (SSSR count). The van der Waals surface area contributed by atoms with Crippen LogP contribution in [0.3, 0.4) is 0 Å². The van der Waals surface area contributed by atoms with Crippen molar-refractivity contribution >= 4 is 28.9 Å². The number of hydrazine groups is 1. The van der Waals surface area contributed by atoms with E-state index in [1.54, 1.807) is 17.4 Å². The lowest BCUT2D eigenvalue weighted by Gasteiger charge is -2.26. The molecule has 0 fully saturated rings. The Hall–Kier alpha value is -1.86. The largest absolute Gasteiger partial charge is 0.368 e. The molecule has 1 atom stereocenters. The molecule has 0 amide bonds. The maximum atomic E-state index is 5.67. The van der Waals surface area contributed by atoms with Gasteiger partial charge in [-0.25, -0.2) is 5.84 Å². The number of likely N-dealkylation sites (N-methyl/N-ethyl adjacent to an activating group) is 1. The second-order valence-electron chi connectivity index (χ2n) is 4.36. The summed E-state index contributed by atoms with van der Waals surface area (Å²) < 4.78 is 0. The fraction of sp³-hybridized carbons (Fsp3) is 0.333. The summed E-state index contributed by atoms with van der Waals surface area (Å²) in [4.78, 5) is 11.6. The first-order valence-electron chi connectivity index (χ1n) is 5.96. The molecule has 0 aromatic carbocycles. The van der Waals surface area contributed by atoms with Crippen LogP contribution in [0.2, 0.25) is 0 Å². The summed E-state index contributed by atoms with van der Waals surface area (Å²) in [5.74, 6) is 6.84. The predicted octanol–water partition coefficient (Wildman–Crippen LogP) is 1.47. The quantitative estimate of drug-likeness (QED) is 0.566. The molecule has 2 aromatic rings. The van der Waals surface area contributed by atoms with E-state index in [1.165, 1.54) is 4.88 Å². The van der Waals surface area contributed by atoms with Gasteiger partial charge < -0.3 is 16.1 Å². The first kappa shape index (κ1) is 13.6. The summed E-state index contributed by atoms with van der Waals surface area (Å²) in [5.41, 5.74) is 8.16. The van der Waals surface area contributed by atoms with Gasteiger partial charge in [0, 0.05) is 30.5 Å². The zero-order valence-electron chi connectivity index (χ0n) is 11.0. The number of hydrogen-bond acceptors (Lipinski definition) is 7. The van der Waals surface area contributed by atoms with Crippen LogP contribution in [0.15, 0.2) is 23.6 Å². The molecule has 0 radical (unpaired) electrons. The number of nitrogens with one attached hydrogen (secondary N) is 1. The fourth-order valence-corrected chi connectivity index (χ4v) is 2.62. The van der Waals surface area contributed by atoms with Crippen LogP contribution < -0.4 is 21.9 Å². The summed E-state index contributed by atoms with van der Waals surface area (Å²) in [6.07, 6.45) is 0.962. The van der Waals surface area contributed by atoms with Gasteiger partial charge in [0.05, 0.1) is 0 Å². The highest BCUT2D eigenvalue weighted by molar-refractivity contribution is 7.09. The Morgan fingerprint density at radius 2 is 2.26 bits per heavy atom. The number of rotatable bonds is 5. The molecule has 0 aliphatic rings. The summed E-state index contributed by atoms with van der Waals surface area (Å²) in [6.45, 7) is 2.15. The molecule has 5 N–H and O–H groups in total. The Morgan fingerprint density at radius 3 is 2.89 bits per heavy atom. The maximum Gasteiger partial charge on any atom is 0.223 e.